The van der Waals surface area contributed by atoms with E-state index in [4.69, 9.17) is 0 Å². The molecule has 0 spiro atoms. The van der Waals surface area contributed by atoms with Crippen molar-refractivity contribution >= 4 is 0 Å². The van der Waals surface area contributed by atoms with Gasteiger partial charge in [0.25, 0.3) is 0 Å². The van der Waals surface area contributed by atoms with E-state index in [2.05, 4.69) is 38.6 Å². The van der Waals surface area contributed by atoms with Crippen LogP contribution in [0.3, 0.4) is 0 Å². The first-order valence-electron chi connectivity index (χ1n) is 8.35. The zero-order valence-corrected chi connectivity index (χ0v) is 13.8. The van der Waals surface area contributed by atoms with Crippen molar-refractivity contribution in [1.82, 2.24) is 34.9 Å². The van der Waals surface area contributed by atoms with Crippen LogP contribution in [0.25, 0.3) is 5.69 Å². The topological polar surface area (TPSA) is 64.7 Å². The van der Waals surface area contributed by atoms with Gasteiger partial charge < -0.3 is 0 Å². The molecule has 0 radical (unpaired) electrons. The molecule has 0 amide bonds. The SMILES string of the molecule is Cc1cnn(CC2CCCN2Cc2nnnn2-c2ccccc2)c1. The summed E-state index contributed by atoms with van der Waals surface area (Å²) in [6.07, 6.45) is 6.41. The molecule has 1 aliphatic rings. The Kier molecular flexibility index (Phi) is 4.08. The molecular weight excluding hydrogens is 302 g/mol. The minimum absolute atomic E-state index is 0.477. The number of tetrazole rings is 1. The zero-order valence-electron chi connectivity index (χ0n) is 13.8. The van der Waals surface area contributed by atoms with Crippen LogP contribution >= 0.6 is 0 Å². The molecule has 124 valence electrons. The zero-order chi connectivity index (χ0) is 16.4. The Balaban J connectivity index is 1.50. The fraction of sp³-hybridized carbons (Fsp3) is 0.412. The number of aryl methyl sites for hydroxylation is 1. The molecule has 0 saturated carbocycles. The van der Waals surface area contributed by atoms with Gasteiger partial charge in [0, 0.05) is 12.2 Å². The lowest BCUT2D eigenvalue weighted by atomic mass is 10.2. The molecule has 3 heterocycles. The number of para-hydroxylation sites is 1. The van der Waals surface area contributed by atoms with Crippen LogP contribution in [0.5, 0.6) is 0 Å². The van der Waals surface area contributed by atoms with E-state index in [1.165, 1.54) is 18.4 Å². The fourth-order valence-corrected chi connectivity index (χ4v) is 3.35. The summed E-state index contributed by atoms with van der Waals surface area (Å²) in [5.41, 5.74) is 2.20. The summed E-state index contributed by atoms with van der Waals surface area (Å²) in [7, 11) is 0. The molecule has 2 aromatic heterocycles. The highest BCUT2D eigenvalue weighted by molar-refractivity contribution is 5.30. The van der Waals surface area contributed by atoms with Gasteiger partial charge in [0.05, 0.1) is 25.0 Å². The molecule has 24 heavy (non-hydrogen) atoms. The number of rotatable bonds is 5. The largest absolute Gasteiger partial charge is 0.291 e. The molecule has 1 fully saturated rings. The van der Waals surface area contributed by atoms with Crippen LogP contribution in [-0.4, -0.2) is 47.5 Å². The van der Waals surface area contributed by atoms with Crippen molar-refractivity contribution in [3.8, 4) is 5.69 Å². The molecule has 0 N–H and O–H groups in total. The summed E-state index contributed by atoms with van der Waals surface area (Å²) in [5.74, 6) is 0.879. The van der Waals surface area contributed by atoms with E-state index in [1.54, 1.807) is 0 Å². The van der Waals surface area contributed by atoms with Gasteiger partial charge in [-0.1, -0.05) is 18.2 Å². The van der Waals surface area contributed by atoms with Gasteiger partial charge in [-0.2, -0.15) is 9.78 Å². The van der Waals surface area contributed by atoms with Crippen LogP contribution in [0, 0.1) is 6.92 Å². The number of hydrogen-bond acceptors (Lipinski definition) is 5. The Morgan fingerprint density at radius 3 is 2.88 bits per heavy atom. The molecule has 0 bridgehead atoms. The van der Waals surface area contributed by atoms with E-state index in [9.17, 15) is 0 Å². The summed E-state index contributed by atoms with van der Waals surface area (Å²) < 4.78 is 3.87. The second-order valence-corrected chi connectivity index (χ2v) is 6.35. The highest BCUT2D eigenvalue weighted by Gasteiger charge is 2.27. The van der Waals surface area contributed by atoms with E-state index in [0.717, 1.165) is 31.1 Å². The second kappa shape index (κ2) is 6.52. The number of benzene rings is 1. The van der Waals surface area contributed by atoms with Gasteiger partial charge in [0.15, 0.2) is 5.82 Å². The summed E-state index contributed by atoms with van der Waals surface area (Å²) in [6, 6.07) is 10.5. The van der Waals surface area contributed by atoms with Gasteiger partial charge in [-0.25, -0.2) is 0 Å². The number of aromatic nitrogens is 6. The van der Waals surface area contributed by atoms with Crippen LogP contribution in [0.15, 0.2) is 42.7 Å². The van der Waals surface area contributed by atoms with Crippen molar-refractivity contribution in [1.29, 1.82) is 0 Å². The maximum absolute atomic E-state index is 4.42. The van der Waals surface area contributed by atoms with Crippen molar-refractivity contribution in [3.05, 3.63) is 54.1 Å². The lowest BCUT2D eigenvalue weighted by Crippen LogP contribution is -2.33. The highest BCUT2D eigenvalue weighted by Crippen LogP contribution is 2.21. The van der Waals surface area contributed by atoms with E-state index < -0.39 is 0 Å². The van der Waals surface area contributed by atoms with Gasteiger partial charge in [0.2, 0.25) is 0 Å². The third-order valence-electron chi connectivity index (χ3n) is 4.54. The van der Waals surface area contributed by atoms with Gasteiger partial charge in [-0.05, 0) is 54.4 Å². The highest BCUT2D eigenvalue weighted by atomic mass is 15.5. The second-order valence-electron chi connectivity index (χ2n) is 6.35. The number of hydrogen-bond donors (Lipinski definition) is 0. The molecule has 4 rings (SSSR count). The molecular formula is C17H21N7. The maximum Gasteiger partial charge on any atom is 0.170 e. The third kappa shape index (κ3) is 3.07. The standard InChI is InChI=1S/C17H21N7/c1-14-10-18-23(11-14)12-16-8-5-9-22(16)13-17-19-20-21-24(17)15-6-3-2-4-7-15/h2-4,6-7,10-11,16H,5,8-9,12-13H2,1H3. The molecule has 1 unspecified atom stereocenters. The molecule has 1 saturated heterocycles. The van der Waals surface area contributed by atoms with Crippen molar-refractivity contribution in [2.24, 2.45) is 0 Å². The molecule has 3 aromatic rings. The third-order valence-corrected chi connectivity index (χ3v) is 4.54. The molecule has 1 atom stereocenters. The van der Waals surface area contributed by atoms with E-state index in [0.29, 0.717) is 6.04 Å². The van der Waals surface area contributed by atoms with Gasteiger partial charge in [-0.3, -0.25) is 9.58 Å². The van der Waals surface area contributed by atoms with E-state index >= 15 is 0 Å². The van der Waals surface area contributed by atoms with Crippen LogP contribution in [0.4, 0.5) is 0 Å². The predicted octanol–water partition coefficient (Wildman–Crippen LogP) is 1.83. The molecule has 7 nitrogen and oxygen atoms in total. The molecule has 1 aliphatic heterocycles. The first-order valence-corrected chi connectivity index (χ1v) is 8.35. The molecule has 7 heteroatoms. The van der Waals surface area contributed by atoms with E-state index in [-0.39, 0.29) is 0 Å². The van der Waals surface area contributed by atoms with Gasteiger partial charge in [-0.15, -0.1) is 5.10 Å². The van der Waals surface area contributed by atoms with Crippen LogP contribution in [-0.2, 0) is 13.1 Å². The first-order chi connectivity index (χ1) is 11.8. The Morgan fingerprint density at radius 2 is 2.08 bits per heavy atom. The number of nitrogens with zero attached hydrogens (tertiary/aromatic N) is 7. The molecule has 0 aliphatic carbocycles. The average molecular weight is 323 g/mol. The van der Waals surface area contributed by atoms with Crippen molar-refractivity contribution < 1.29 is 0 Å². The van der Waals surface area contributed by atoms with Crippen molar-refractivity contribution in [2.45, 2.75) is 38.9 Å². The maximum atomic E-state index is 4.42. The van der Waals surface area contributed by atoms with Crippen LogP contribution in [0.2, 0.25) is 0 Å². The van der Waals surface area contributed by atoms with Crippen molar-refractivity contribution in [3.63, 3.8) is 0 Å². The minimum atomic E-state index is 0.477. The lowest BCUT2D eigenvalue weighted by molar-refractivity contribution is 0.212. The fourth-order valence-electron chi connectivity index (χ4n) is 3.35. The predicted molar refractivity (Wildman–Crippen MR) is 89.6 cm³/mol. The normalized spacial score (nSPS) is 18.3. The van der Waals surface area contributed by atoms with E-state index in [1.807, 2.05) is 45.9 Å². The summed E-state index contributed by atoms with van der Waals surface area (Å²) in [4.78, 5) is 2.46. The van der Waals surface area contributed by atoms with Crippen LogP contribution < -0.4 is 0 Å². The van der Waals surface area contributed by atoms with Crippen LogP contribution in [0.1, 0.15) is 24.2 Å². The smallest absolute Gasteiger partial charge is 0.170 e. The monoisotopic (exact) mass is 323 g/mol. The Morgan fingerprint density at radius 1 is 1.21 bits per heavy atom. The Bertz CT molecular complexity index is 792. The lowest BCUT2D eigenvalue weighted by Gasteiger charge is -2.23. The van der Waals surface area contributed by atoms with Gasteiger partial charge in [0.1, 0.15) is 0 Å². The van der Waals surface area contributed by atoms with Crippen molar-refractivity contribution in [2.75, 3.05) is 6.54 Å². The minimum Gasteiger partial charge on any atom is -0.291 e. The quantitative estimate of drug-likeness (QED) is 0.717. The van der Waals surface area contributed by atoms with Gasteiger partial charge >= 0.3 is 0 Å². The summed E-state index contributed by atoms with van der Waals surface area (Å²) in [6.45, 7) is 4.82. The Hall–Kier alpha value is -2.54. The summed E-state index contributed by atoms with van der Waals surface area (Å²) >= 11 is 0. The number of likely N-dealkylation sites (tertiary alicyclic amines) is 1. The first kappa shape index (κ1) is 15.0. The molecule has 1 aromatic carbocycles. The average Bonchev–Trinajstić information content (AvgIpc) is 3.32. The summed E-state index contributed by atoms with van der Waals surface area (Å²) in [5, 5.41) is 16.7. The Labute approximate surface area is 140 Å².